The third-order valence-corrected chi connectivity index (χ3v) is 4.65. The lowest BCUT2D eigenvalue weighted by atomic mass is 9.95. The van der Waals surface area contributed by atoms with E-state index in [2.05, 4.69) is 44.8 Å². The molecule has 0 saturated heterocycles. The Morgan fingerprint density at radius 3 is 2.69 bits per heavy atom. The topological polar surface area (TPSA) is 76.4 Å². The molecule has 7 nitrogen and oxygen atoms in total. The monoisotopic (exact) mass is 470 g/mol. The Kier molecular flexibility index (Phi) is 7.24. The average molecular weight is 470 g/mol. The van der Waals surface area contributed by atoms with Crippen LogP contribution in [0.4, 0.5) is 0 Å². The summed E-state index contributed by atoms with van der Waals surface area (Å²) in [6, 6.07) is 8.28. The predicted octanol–water partition coefficient (Wildman–Crippen LogP) is 2.23. The third kappa shape index (κ3) is 4.66. The number of rotatable bonds is 7. The van der Waals surface area contributed by atoms with Crippen LogP contribution in [0, 0.1) is 0 Å². The number of ether oxygens (including phenoxy) is 1. The molecule has 1 aromatic heterocycles. The molecule has 3 rings (SSSR count). The number of hydrogen-bond donors (Lipinski definition) is 2. The molecular weight excluding hydrogens is 443 g/mol. The number of aliphatic imine (C=N–C) groups is 1. The van der Waals surface area contributed by atoms with E-state index < -0.39 is 0 Å². The Morgan fingerprint density at radius 1 is 1.31 bits per heavy atom. The molecule has 0 atom stereocenters. The molecule has 1 aliphatic carbocycles. The fourth-order valence-electron chi connectivity index (χ4n) is 2.98. The minimum absolute atomic E-state index is 0. The van der Waals surface area contributed by atoms with Crippen molar-refractivity contribution in [2.75, 3.05) is 20.2 Å². The zero-order chi connectivity index (χ0) is 17.7. The first-order valence-electron chi connectivity index (χ1n) is 8.67. The van der Waals surface area contributed by atoms with E-state index in [1.54, 1.807) is 18.1 Å². The summed E-state index contributed by atoms with van der Waals surface area (Å²) in [6.07, 6.45) is 3.86. The first-order chi connectivity index (χ1) is 12.2. The number of nitrogens with one attached hydrogen (secondary N) is 2. The van der Waals surface area contributed by atoms with Crippen LogP contribution in [0.5, 0.6) is 5.75 Å². The van der Waals surface area contributed by atoms with Crippen LogP contribution in [0.15, 0.2) is 35.6 Å². The van der Waals surface area contributed by atoms with Gasteiger partial charge in [-0.25, -0.2) is 9.98 Å². The SMILES string of the molecule is CCNC(=NCc1ncnn1C)NCC1(c2ccccc2OC)CC1.I. The van der Waals surface area contributed by atoms with Gasteiger partial charge in [-0.05, 0) is 25.8 Å². The predicted molar refractivity (Wildman–Crippen MR) is 113 cm³/mol. The van der Waals surface area contributed by atoms with E-state index in [4.69, 9.17) is 4.74 Å². The largest absolute Gasteiger partial charge is 0.496 e. The molecule has 1 heterocycles. The molecule has 142 valence electrons. The van der Waals surface area contributed by atoms with E-state index in [0.29, 0.717) is 6.54 Å². The highest BCUT2D eigenvalue weighted by Crippen LogP contribution is 2.50. The van der Waals surface area contributed by atoms with Gasteiger partial charge in [-0.1, -0.05) is 18.2 Å². The minimum Gasteiger partial charge on any atom is -0.496 e. The lowest BCUT2D eigenvalue weighted by molar-refractivity contribution is 0.403. The number of aryl methyl sites for hydroxylation is 1. The number of benzene rings is 1. The van der Waals surface area contributed by atoms with E-state index >= 15 is 0 Å². The molecule has 1 aliphatic rings. The molecule has 2 aromatic rings. The van der Waals surface area contributed by atoms with Crippen molar-refractivity contribution in [1.82, 2.24) is 25.4 Å². The summed E-state index contributed by atoms with van der Waals surface area (Å²) < 4.78 is 7.28. The van der Waals surface area contributed by atoms with Crippen LogP contribution in [0.2, 0.25) is 0 Å². The molecule has 0 bridgehead atoms. The Morgan fingerprint density at radius 2 is 2.08 bits per heavy atom. The maximum atomic E-state index is 5.54. The standard InChI is InChI=1S/C18H26N6O.HI/c1-4-19-17(20-11-16-22-13-23-24(16)2)21-12-18(9-10-18)14-7-5-6-8-15(14)25-3;/h5-8,13H,4,9-12H2,1-3H3,(H2,19,20,21);1H. The molecule has 0 unspecified atom stereocenters. The van der Waals surface area contributed by atoms with Crippen molar-refractivity contribution in [2.45, 2.75) is 31.7 Å². The highest BCUT2D eigenvalue weighted by molar-refractivity contribution is 14.0. The van der Waals surface area contributed by atoms with Crippen LogP contribution < -0.4 is 15.4 Å². The van der Waals surface area contributed by atoms with Gasteiger partial charge in [-0.15, -0.1) is 24.0 Å². The summed E-state index contributed by atoms with van der Waals surface area (Å²) in [5, 5.41) is 10.9. The van der Waals surface area contributed by atoms with Crippen molar-refractivity contribution in [3.05, 3.63) is 42.0 Å². The van der Waals surface area contributed by atoms with Crippen LogP contribution >= 0.6 is 24.0 Å². The van der Waals surface area contributed by atoms with Gasteiger partial charge in [-0.3, -0.25) is 4.68 Å². The molecule has 0 amide bonds. The quantitative estimate of drug-likeness (QED) is 0.369. The molecule has 26 heavy (non-hydrogen) atoms. The summed E-state index contributed by atoms with van der Waals surface area (Å²) >= 11 is 0. The number of halogens is 1. The molecule has 8 heteroatoms. The molecule has 2 N–H and O–H groups in total. The highest BCUT2D eigenvalue weighted by Gasteiger charge is 2.46. The normalized spacial score (nSPS) is 15.1. The number of hydrogen-bond acceptors (Lipinski definition) is 4. The van der Waals surface area contributed by atoms with Gasteiger partial charge in [0.25, 0.3) is 0 Å². The fourth-order valence-corrected chi connectivity index (χ4v) is 2.98. The van der Waals surface area contributed by atoms with Gasteiger partial charge >= 0.3 is 0 Å². The zero-order valence-electron chi connectivity index (χ0n) is 15.5. The summed E-state index contributed by atoms with van der Waals surface area (Å²) in [4.78, 5) is 8.84. The number of methoxy groups -OCH3 is 1. The van der Waals surface area contributed by atoms with Gasteiger partial charge in [-0.2, -0.15) is 5.10 Å². The second-order valence-corrected chi connectivity index (χ2v) is 6.33. The molecular formula is C18H27IN6O. The van der Waals surface area contributed by atoms with Gasteiger partial charge in [0, 0.05) is 31.1 Å². The van der Waals surface area contributed by atoms with Crippen molar-refractivity contribution in [2.24, 2.45) is 12.0 Å². The van der Waals surface area contributed by atoms with E-state index in [9.17, 15) is 0 Å². The minimum atomic E-state index is 0. The van der Waals surface area contributed by atoms with Gasteiger partial charge in [0.05, 0.1) is 7.11 Å². The van der Waals surface area contributed by atoms with E-state index in [1.165, 1.54) is 5.56 Å². The van der Waals surface area contributed by atoms with Crippen LogP contribution in [0.25, 0.3) is 0 Å². The molecule has 0 radical (unpaired) electrons. The summed E-state index contributed by atoms with van der Waals surface area (Å²) in [7, 11) is 3.60. The van der Waals surface area contributed by atoms with Gasteiger partial charge in [0.15, 0.2) is 5.96 Å². The van der Waals surface area contributed by atoms with E-state index in [-0.39, 0.29) is 29.4 Å². The van der Waals surface area contributed by atoms with Gasteiger partial charge in [0.1, 0.15) is 24.4 Å². The number of aromatic nitrogens is 3. The van der Waals surface area contributed by atoms with Crippen LogP contribution in [-0.4, -0.2) is 40.9 Å². The molecule has 0 spiro atoms. The summed E-state index contributed by atoms with van der Waals surface area (Å²) in [5.41, 5.74) is 1.40. The number of nitrogens with zero attached hydrogens (tertiary/aromatic N) is 4. The zero-order valence-corrected chi connectivity index (χ0v) is 17.9. The van der Waals surface area contributed by atoms with Crippen molar-refractivity contribution < 1.29 is 4.74 Å². The molecule has 1 saturated carbocycles. The Balaban J connectivity index is 0.00000243. The summed E-state index contributed by atoms with van der Waals surface area (Å²) in [6.45, 7) is 4.20. The second-order valence-electron chi connectivity index (χ2n) is 6.33. The first-order valence-corrected chi connectivity index (χ1v) is 8.67. The smallest absolute Gasteiger partial charge is 0.191 e. The van der Waals surface area contributed by atoms with E-state index in [0.717, 1.165) is 43.5 Å². The average Bonchev–Trinajstić information content (AvgIpc) is 3.32. The maximum absolute atomic E-state index is 5.54. The Hall–Kier alpha value is -1.84. The fraction of sp³-hybridized carbons (Fsp3) is 0.500. The van der Waals surface area contributed by atoms with Crippen LogP contribution in [-0.2, 0) is 19.0 Å². The Labute approximate surface area is 171 Å². The molecule has 1 fully saturated rings. The van der Waals surface area contributed by atoms with Crippen molar-refractivity contribution in [1.29, 1.82) is 0 Å². The lowest BCUT2D eigenvalue weighted by Crippen LogP contribution is -2.41. The van der Waals surface area contributed by atoms with Gasteiger partial charge in [0.2, 0.25) is 0 Å². The first kappa shape index (κ1) is 20.5. The molecule has 1 aromatic carbocycles. The third-order valence-electron chi connectivity index (χ3n) is 4.65. The van der Waals surface area contributed by atoms with Crippen molar-refractivity contribution in [3.63, 3.8) is 0 Å². The van der Waals surface area contributed by atoms with Gasteiger partial charge < -0.3 is 15.4 Å². The van der Waals surface area contributed by atoms with Crippen molar-refractivity contribution in [3.8, 4) is 5.75 Å². The number of para-hydroxylation sites is 1. The van der Waals surface area contributed by atoms with Crippen LogP contribution in [0.1, 0.15) is 31.2 Å². The lowest BCUT2D eigenvalue weighted by Gasteiger charge is -2.21. The van der Waals surface area contributed by atoms with Crippen molar-refractivity contribution >= 4 is 29.9 Å². The van der Waals surface area contributed by atoms with E-state index in [1.807, 2.05) is 19.2 Å². The second kappa shape index (κ2) is 9.20. The number of guanidine groups is 1. The summed E-state index contributed by atoms with van der Waals surface area (Å²) in [5.74, 6) is 2.59. The maximum Gasteiger partial charge on any atom is 0.191 e. The highest BCUT2D eigenvalue weighted by atomic mass is 127. The van der Waals surface area contributed by atoms with Crippen LogP contribution in [0.3, 0.4) is 0 Å². The molecule has 0 aliphatic heterocycles. The Bertz CT molecular complexity index is 741.